The minimum atomic E-state index is 0.202. The number of hydrogen-bond donors (Lipinski definition) is 0. The molecule has 15 heavy (non-hydrogen) atoms. The van der Waals surface area contributed by atoms with E-state index in [0.717, 1.165) is 11.8 Å². The molecule has 0 spiro atoms. The molecule has 2 fully saturated rings. The van der Waals surface area contributed by atoms with E-state index in [2.05, 4.69) is 11.9 Å². The van der Waals surface area contributed by atoms with Crippen LogP contribution in [-0.2, 0) is 4.79 Å². The SMILES string of the molecule is CC(N=C=O)C1CCCC2CCCCC21. The second-order valence-corrected chi connectivity index (χ2v) is 5.26. The van der Waals surface area contributed by atoms with Crippen molar-refractivity contribution in [3.8, 4) is 0 Å². The Morgan fingerprint density at radius 3 is 2.67 bits per heavy atom. The third-order valence-electron chi connectivity index (χ3n) is 4.51. The van der Waals surface area contributed by atoms with Gasteiger partial charge in [-0.3, -0.25) is 0 Å². The molecule has 0 radical (unpaired) electrons. The van der Waals surface area contributed by atoms with Crippen molar-refractivity contribution in [2.75, 3.05) is 0 Å². The predicted octanol–water partition coefficient (Wildman–Crippen LogP) is 3.32. The molecule has 0 aromatic rings. The summed E-state index contributed by atoms with van der Waals surface area (Å²) in [6.45, 7) is 2.09. The number of carbonyl (C=O) groups excluding carboxylic acids is 1. The van der Waals surface area contributed by atoms with Gasteiger partial charge in [-0.1, -0.05) is 32.1 Å². The molecule has 4 unspecified atom stereocenters. The molecule has 2 heteroatoms. The first kappa shape index (κ1) is 10.9. The van der Waals surface area contributed by atoms with Crippen LogP contribution in [0, 0.1) is 17.8 Å². The molecule has 0 aromatic carbocycles. The van der Waals surface area contributed by atoms with Gasteiger partial charge in [-0.15, -0.1) is 0 Å². The first-order chi connectivity index (χ1) is 7.33. The molecule has 0 aliphatic heterocycles. The van der Waals surface area contributed by atoms with Crippen molar-refractivity contribution in [3.05, 3.63) is 0 Å². The van der Waals surface area contributed by atoms with Gasteiger partial charge in [0, 0.05) is 0 Å². The summed E-state index contributed by atoms with van der Waals surface area (Å²) in [5.41, 5.74) is 0. The summed E-state index contributed by atoms with van der Waals surface area (Å²) in [4.78, 5) is 14.3. The number of isocyanates is 1. The fourth-order valence-corrected chi connectivity index (χ4v) is 3.77. The van der Waals surface area contributed by atoms with E-state index in [9.17, 15) is 4.79 Å². The lowest BCUT2D eigenvalue weighted by atomic mass is 9.64. The van der Waals surface area contributed by atoms with E-state index >= 15 is 0 Å². The summed E-state index contributed by atoms with van der Waals surface area (Å²) < 4.78 is 0. The van der Waals surface area contributed by atoms with Gasteiger partial charge >= 0.3 is 0 Å². The van der Waals surface area contributed by atoms with Crippen molar-refractivity contribution in [1.29, 1.82) is 0 Å². The summed E-state index contributed by atoms with van der Waals surface area (Å²) in [6.07, 6.45) is 11.3. The van der Waals surface area contributed by atoms with Crippen LogP contribution in [-0.4, -0.2) is 12.1 Å². The van der Waals surface area contributed by atoms with E-state index in [1.54, 1.807) is 6.08 Å². The zero-order valence-corrected chi connectivity index (χ0v) is 9.61. The van der Waals surface area contributed by atoms with Crippen LogP contribution in [0.15, 0.2) is 4.99 Å². The van der Waals surface area contributed by atoms with E-state index < -0.39 is 0 Å². The summed E-state index contributed by atoms with van der Waals surface area (Å²) in [5.74, 6) is 2.44. The minimum absolute atomic E-state index is 0.202. The largest absolute Gasteiger partial charge is 0.235 e. The zero-order chi connectivity index (χ0) is 10.7. The minimum Gasteiger partial charge on any atom is -0.211 e. The van der Waals surface area contributed by atoms with Gasteiger partial charge in [-0.2, -0.15) is 0 Å². The van der Waals surface area contributed by atoms with Crippen LogP contribution in [0.1, 0.15) is 51.9 Å². The second-order valence-electron chi connectivity index (χ2n) is 5.26. The summed E-state index contributed by atoms with van der Waals surface area (Å²) in [6, 6.07) is 0.202. The van der Waals surface area contributed by atoms with Crippen LogP contribution in [0.2, 0.25) is 0 Å². The topological polar surface area (TPSA) is 29.4 Å². The van der Waals surface area contributed by atoms with E-state index in [1.807, 2.05) is 0 Å². The normalized spacial score (nSPS) is 37.5. The number of rotatable bonds is 2. The standard InChI is InChI=1S/C13H21NO/c1-10(14-9-15)12-8-4-6-11-5-2-3-7-13(11)12/h10-13H,2-8H2,1H3. The smallest absolute Gasteiger partial charge is 0.211 e. The summed E-state index contributed by atoms with van der Waals surface area (Å²) in [7, 11) is 0. The number of nitrogens with zero attached hydrogens (tertiary/aromatic N) is 1. The molecule has 2 saturated carbocycles. The maximum absolute atomic E-state index is 10.3. The molecule has 0 aromatic heterocycles. The first-order valence-corrected chi connectivity index (χ1v) is 6.40. The highest BCUT2D eigenvalue weighted by Gasteiger charge is 2.37. The molecule has 0 saturated heterocycles. The van der Waals surface area contributed by atoms with Crippen LogP contribution in [0.25, 0.3) is 0 Å². The van der Waals surface area contributed by atoms with Gasteiger partial charge in [-0.05, 0) is 37.5 Å². The van der Waals surface area contributed by atoms with Crippen molar-refractivity contribution >= 4 is 6.08 Å². The molecule has 0 amide bonds. The second kappa shape index (κ2) is 4.94. The Kier molecular flexibility index (Phi) is 3.58. The molecule has 0 heterocycles. The molecule has 84 valence electrons. The van der Waals surface area contributed by atoms with Crippen molar-refractivity contribution in [3.63, 3.8) is 0 Å². The highest BCUT2D eigenvalue weighted by molar-refractivity contribution is 5.33. The zero-order valence-electron chi connectivity index (χ0n) is 9.61. The third-order valence-corrected chi connectivity index (χ3v) is 4.51. The Balaban J connectivity index is 2.05. The van der Waals surface area contributed by atoms with Crippen LogP contribution < -0.4 is 0 Å². The Bertz CT molecular complexity index is 255. The van der Waals surface area contributed by atoms with Gasteiger partial charge in [0.15, 0.2) is 0 Å². The van der Waals surface area contributed by atoms with Crippen molar-refractivity contribution in [1.82, 2.24) is 0 Å². The number of aliphatic imine (C=N–C) groups is 1. The number of hydrogen-bond acceptors (Lipinski definition) is 2. The van der Waals surface area contributed by atoms with Gasteiger partial charge in [0.1, 0.15) is 0 Å². The maximum Gasteiger partial charge on any atom is 0.235 e. The van der Waals surface area contributed by atoms with Gasteiger partial charge in [0.05, 0.1) is 6.04 Å². The fourth-order valence-electron chi connectivity index (χ4n) is 3.77. The molecular formula is C13H21NO. The quantitative estimate of drug-likeness (QED) is 0.504. The lowest BCUT2D eigenvalue weighted by Crippen LogP contribution is -2.35. The van der Waals surface area contributed by atoms with E-state index in [1.165, 1.54) is 44.9 Å². The highest BCUT2D eigenvalue weighted by Crippen LogP contribution is 2.45. The summed E-state index contributed by atoms with van der Waals surface area (Å²) in [5, 5.41) is 0. The lowest BCUT2D eigenvalue weighted by Gasteiger charge is -2.42. The Labute approximate surface area is 92.2 Å². The summed E-state index contributed by atoms with van der Waals surface area (Å²) >= 11 is 0. The predicted molar refractivity (Wildman–Crippen MR) is 60.4 cm³/mol. The van der Waals surface area contributed by atoms with E-state index in [0.29, 0.717) is 5.92 Å². The van der Waals surface area contributed by atoms with E-state index in [4.69, 9.17) is 0 Å². The molecule has 2 aliphatic carbocycles. The van der Waals surface area contributed by atoms with Gasteiger partial charge in [0.25, 0.3) is 0 Å². The Hall–Kier alpha value is -0.620. The van der Waals surface area contributed by atoms with Crippen molar-refractivity contribution < 1.29 is 4.79 Å². The number of fused-ring (bicyclic) bond motifs is 1. The van der Waals surface area contributed by atoms with Gasteiger partial charge in [-0.25, -0.2) is 9.79 Å². The molecule has 2 aliphatic rings. The molecule has 2 nitrogen and oxygen atoms in total. The third kappa shape index (κ3) is 2.31. The first-order valence-electron chi connectivity index (χ1n) is 6.40. The average Bonchev–Trinajstić information content (AvgIpc) is 2.28. The average molecular weight is 207 g/mol. The monoisotopic (exact) mass is 207 g/mol. The van der Waals surface area contributed by atoms with Crippen molar-refractivity contribution in [2.24, 2.45) is 22.7 Å². The molecule has 4 atom stereocenters. The Morgan fingerprint density at radius 1 is 1.13 bits per heavy atom. The van der Waals surface area contributed by atoms with Crippen LogP contribution in [0.3, 0.4) is 0 Å². The van der Waals surface area contributed by atoms with Crippen molar-refractivity contribution in [2.45, 2.75) is 57.9 Å². The van der Waals surface area contributed by atoms with E-state index in [-0.39, 0.29) is 6.04 Å². The highest BCUT2D eigenvalue weighted by atomic mass is 16.1. The van der Waals surface area contributed by atoms with Gasteiger partial charge in [0.2, 0.25) is 6.08 Å². The van der Waals surface area contributed by atoms with Crippen LogP contribution in [0.5, 0.6) is 0 Å². The van der Waals surface area contributed by atoms with Gasteiger partial charge < -0.3 is 0 Å². The van der Waals surface area contributed by atoms with Crippen LogP contribution in [0.4, 0.5) is 0 Å². The molecule has 2 rings (SSSR count). The maximum atomic E-state index is 10.3. The Morgan fingerprint density at radius 2 is 1.87 bits per heavy atom. The molecular weight excluding hydrogens is 186 g/mol. The van der Waals surface area contributed by atoms with Crippen LogP contribution >= 0.6 is 0 Å². The molecule has 0 bridgehead atoms. The fraction of sp³-hybridized carbons (Fsp3) is 0.923. The lowest BCUT2D eigenvalue weighted by molar-refractivity contribution is 0.0909. The molecule has 0 N–H and O–H groups in total.